The van der Waals surface area contributed by atoms with Gasteiger partial charge in [0.25, 0.3) is 0 Å². The zero-order chi connectivity index (χ0) is 12.0. The molecule has 16 heavy (non-hydrogen) atoms. The van der Waals surface area contributed by atoms with Gasteiger partial charge in [0.1, 0.15) is 0 Å². The van der Waals surface area contributed by atoms with E-state index in [9.17, 15) is 9.59 Å². The smallest absolute Gasteiger partial charge is 0.396 e. The van der Waals surface area contributed by atoms with E-state index in [1.807, 2.05) is 31.2 Å². The van der Waals surface area contributed by atoms with Crippen LogP contribution in [0.3, 0.4) is 0 Å². The molecule has 0 aliphatic carbocycles. The molecule has 0 unspecified atom stereocenters. The van der Waals surface area contributed by atoms with Gasteiger partial charge >= 0.3 is 11.9 Å². The molecule has 1 amide bonds. The van der Waals surface area contributed by atoms with E-state index in [1.54, 1.807) is 0 Å². The van der Waals surface area contributed by atoms with Gasteiger partial charge in [0, 0.05) is 6.54 Å². The number of nitrogens with one attached hydrogen (secondary N) is 1. The fraction of sp³-hybridized carbons (Fsp3) is 0.333. The molecule has 0 aromatic heterocycles. The van der Waals surface area contributed by atoms with E-state index in [0.29, 0.717) is 13.0 Å². The summed E-state index contributed by atoms with van der Waals surface area (Å²) in [5, 5.41) is 2.48. The maximum Gasteiger partial charge on any atom is 0.396 e. The fourth-order valence-electron chi connectivity index (χ4n) is 1.24. The normalized spacial score (nSPS) is 9.62. The Morgan fingerprint density at radius 2 is 1.88 bits per heavy atom. The maximum atomic E-state index is 11.0. The van der Waals surface area contributed by atoms with Crippen LogP contribution in [-0.4, -0.2) is 25.5 Å². The Hall–Kier alpha value is -1.84. The number of methoxy groups -OCH3 is 1. The van der Waals surface area contributed by atoms with Crippen LogP contribution in [0.15, 0.2) is 24.3 Å². The summed E-state index contributed by atoms with van der Waals surface area (Å²) in [4.78, 5) is 21.8. The Morgan fingerprint density at radius 3 is 2.44 bits per heavy atom. The zero-order valence-electron chi connectivity index (χ0n) is 9.45. The Balaban J connectivity index is 2.33. The Bertz CT molecular complexity index is 370. The van der Waals surface area contributed by atoms with Gasteiger partial charge in [0.15, 0.2) is 0 Å². The molecule has 0 aliphatic heterocycles. The third-order valence-corrected chi connectivity index (χ3v) is 2.19. The van der Waals surface area contributed by atoms with Gasteiger partial charge in [-0.3, -0.25) is 4.79 Å². The summed E-state index contributed by atoms with van der Waals surface area (Å²) in [6.45, 7) is 2.44. The Labute approximate surface area is 94.6 Å². The number of ether oxygens (including phenoxy) is 1. The molecule has 0 saturated carbocycles. The summed E-state index contributed by atoms with van der Waals surface area (Å²) in [5.74, 6) is -1.56. The summed E-state index contributed by atoms with van der Waals surface area (Å²) in [6.07, 6.45) is 0.697. The van der Waals surface area contributed by atoms with Crippen LogP contribution < -0.4 is 5.32 Å². The lowest BCUT2D eigenvalue weighted by atomic mass is 10.1. The minimum absolute atomic E-state index is 0.428. The van der Waals surface area contributed by atoms with Crippen molar-refractivity contribution < 1.29 is 14.3 Å². The third kappa shape index (κ3) is 3.73. The third-order valence-electron chi connectivity index (χ3n) is 2.19. The first kappa shape index (κ1) is 12.2. The molecule has 1 aromatic rings. The summed E-state index contributed by atoms with van der Waals surface area (Å²) >= 11 is 0. The van der Waals surface area contributed by atoms with Crippen LogP contribution >= 0.6 is 0 Å². The number of hydrogen-bond acceptors (Lipinski definition) is 3. The maximum absolute atomic E-state index is 11.0. The molecule has 1 rings (SSSR count). The van der Waals surface area contributed by atoms with Gasteiger partial charge in [-0.25, -0.2) is 4.79 Å². The van der Waals surface area contributed by atoms with Crippen molar-refractivity contribution in [3.63, 3.8) is 0 Å². The van der Waals surface area contributed by atoms with Crippen molar-refractivity contribution >= 4 is 11.9 Å². The van der Waals surface area contributed by atoms with Crippen molar-refractivity contribution in [2.24, 2.45) is 0 Å². The molecule has 0 aliphatic rings. The van der Waals surface area contributed by atoms with E-state index >= 15 is 0 Å². The van der Waals surface area contributed by atoms with Crippen molar-refractivity contribution in [2.75, 3.05) is 13.7 Å². The van der Waals surface area contributed by atoms with E-state index in [-0.39, 0.29) is 0 Å². The number of esters is 1. The topological polar surface area (TPSA) is 55.4 Å². The molecule has 0 saturated heterocycles. The number of aryl methyl sites for hydroxylation is 1. The average Bonchev–Trinajstić information content (AvgIpc) is 2.30. The lowest BCUT2D eigenvalue weighted by molar-refractivity contribution is -0.152. The molecule has 4 nitrogen and oxygen atoms in total. The molecule has 4 heteroatoms. The largest absolute Gasteiger partial charge is 0.462 e. The predicted molar refractivity (Wildman–Crippen MR) is 59.9 cm³/mol. The van der Waals surface area contributed by atoms with Gasteiger partial charge in [-0.05, 0) is 18.9 Å². The van der Waals surface area contributed by atoms with Gasteiger partial charge in [0.05, 0.1) is 7.11 Å². The van der Waals surface area contributed by atoms with Gasteiger partial charge in [-0.1, -0.05) is 29.8 Å². The lowest BCUT2D eigenvalue weighted by Crippen LogP contribution is -2.33. The first-order valence-corrected chi connectivity index (χ1v) is 5.05. The van der Waals surface area contributed by atoms with E-state index in [1.165, 1.54) is 12.7 Å². The van der Waals surface area contributed by atoms with Crippen LogP contribution in [0, 0.1) is 6.92 Å². The second-order valence-corrected chi connectivity index (χ2v) is 3.48. The molecule has 1 N–H and O–H groups in total. The molecule has 0 bridgehead atoms. The van der Waals surface area contributed by atoms with Crippen LogP contribution in [0.2, 0.25) is 0 Å². The van der Waals surface area contributed by atoms with E-state index in [4.69, 9.17) is 0 Å². The van der Waals surface area contributed by atoms with E-state index in [2.05, 4.69) is 10.1 Å². The van der Waals surface area contributed by atoms with Gasteiger partial charge in [-0.15, -0.1) is 0 Å². The number of carbonyl (C=O) groups excluding carboxylic acids is 2. The van der Waals surface area contributed by atoms with Crippen molar-refractivity contribution in [1.82, 2.24) is 5.32 Å². The molecular weight excluding hydrogens is 206 g/mol. The SMILES string of the molecule is COC(=O)C(=O)NCCc1ccc(C)cc1. The zero-order valence-corrected chi connectivity index (χ0v) is 9.45. The highest BCUT2D eigenvalue weighted by atomic mass is 16.5. The van der Waals surface area contributed by atoms with Crippen LogP contribution in [0.4, 0.5) is 0 Å². The van der Waals surface area contributed by atoms with Crippen LogP contribution in [-0.2, 0) is 20.7 Å². The minimum Gasteiger partial charge on any atom is -0.462 e. The van der Waals surface area contributed by atoms with Crippen LogP contribution in [0.5, 0.6) is 0 Å². The van der Waals surface area contributed by atoms with E-state index in [0.717, 1.165) is 5.56 Å². The summed E-state index contributed by atoms with van der Waals surface area (Å²) in [7, 11) is 1.18. The molecule has 86 valence electrons. The van der Waals surface area contributed by atoms with Gasteiger partial charge in [0.2, 0.25) is 0 Å². The number of benzene rings is 1. The lowest BCUT2D eigenvalue weighted by Gasteiger charge is -2.04. The van der Waals surface area contributed by atoms with Crippen LogP contribution in [0.25, 0.3) is 0 Å². The quantitative estimate of drug-likeness (QED) is 0.607. The average molecular weight is 221 g/mol. The number of rotatable bonds is 3. The molecule has 1 aromatic carbocycles. The van der Waals surface area contributed by atoms with E-state index < -0.39 is 11.9 Å². The van der Waals surface area contributed by atoms with Crippen molar-refractivity contribution in [3.8, 4) is 0 Å². The highest BCUT2D eigenvalue weighted by molar-refractivity contribution is 6.32. The fourth-order valence-corrected chi connectivity index (χ4v) is 1.24. The van der Waals surface area contributed by atoms with Crippen LogP contribution in [0.1, 0.15) is 11.1 Å². The monoisotopic (exact) mass is 221 g/mol. The molecule has 0 radical (unpaired) electrons. The van der Waals surface area contributed by atoms with Gasteiger partial charge < -0.3 is 10.1 Å². The van der Waals surface area contributed by atoms with Crippen molar-refractivity contribution in [2.45, 2.75) is 13.3 Å². The molecule has 0 atom stereocenters. The van der Waals surface area contributed by atoms with Crippen molar-refractivity contribution in [1.29, 1.82) is 0 Å². The number of carbonyl (C=O) groups is 2. The first-order chi connectivity index (χ1) is 7.63. The minimum atomic E-state index is -0.857. The highest BCUT2D eigenvalue weighted by Crippen LogP contribution is 2.02. The summed E-state index contributed by atoms with van der Waals surface area (Å²) in [6, 6.07) is 8.02. The highest BCUT2D eigenvalue weighted by Gasteiger charge is 2.11. The summed E-state index contributed by atoms with van der Waals surface area (Å²) in [5.41, 5.74) is 2.32. The first-order valence-electron chi connectivity index (χ1n) is 5.05. The van der Waals surface area contributed by atoms with Crippen molar-refractivity contribution in [3.05, 3.63) is 35.4 Å². The summed E-state index contributed by atoms with van der Waals surface area (Å²) < 4.78 is 4.28. The number of hydrogen-bond donors (Lipinski definition) is 1. The van der Waals surface area contributed by atoms with Gasteiger partial charge in [-0.2, -0.15) is 0 Å². The molecular formula is C12H15NO3. The predicted octanol–water partition coefficient (Wildman–Crippen LogP) is 0.827. The molecule has 0 spiro atoms. The Morgan fingerprint density at radius 1 is 1.25 bits per heavy atom. The second kappa shape index (κ2) is 5.90. The number of amides is 1. The Kier molecular flexibility index (Phi) is 4.51. The standard InChI is InChI=1S/C12H15NO3/c1-9-3-5-10(6-4-9)7-8-13-11(14)12(15)16-2/h3-6H,7-8H2,1-2H3,(H,13,14). The molecule has 0 heterocycles. The molecule has 0 fully saturated rings. The second-order valence-electron chi connectivity index (χ2n) is 3.48.